The molecule has 0 atom stereocenters. The van der Waals surface area contributed by atoms with Gasteiger partial charge in [-0.1, -0.05) is 60.7 Å². The van der Waals surface area contributed by atoms with E-state index < -0.39 is 9.84 Å². The van der Waals surface area contributed by atoms with Gasteiger partial charge >= 0.3 is 0 Å². The molecule has 0 aliphatic carbocycles. The summed E-state index contributed by atoms with van der Waals surface area (Å²) in [7, 11) is -3.71. The van der Waals surface area contributed by atoms with Crippen molar-refractivity contribution in [3.05, 3.63) is 83.9 Å². The van der Waals surface area contributed by atoms with Crippen LogP contribution in [0.4, 0.5) is 0 Å². The number of hydrogen-bond acceptors (Lipinski definition) is 4. The third-order valence-corrected chi connectivity index (χ3v) is 6.19. The lowest BCUT2D eigenvalue weighted by molar-refractivity contribution is 0.0988. The molecule has 0 bridgehead atoms. The van der Waals surface area contributed by atoms with Gasteiger partial charge in [-0.15, -0.1) is 0 Å². The highest BCUT2D eigenvalue weighted by molar-refractivity contribution is 7.91. The number of Topliss-reactive ketones (excluding diaryl/α,β-unsaturated/α-hetero) is 1. The predicted molar refractivity (Wildman–Crippen MR) is 106 cm³/mol. The summed E-state index contributed by atoms with van der Waals surface area (Å²) >= 11 is 0. The highest BCUT2D eigenvalue weighted by Gasteiger charge is 2.23. The fourth-order valence-electron chi connectivity index (χ4n) is 3.04. The number of phenolic OH excluding ortho intramolecular Hbond substituents is 1. The number of aryl methyl sites for hydroxylation is 1. The van der Waals surface area contributed by atoms with E-state index in [0.717, 1.165) is 5.56 Å². The van der Waals surface area contributed by atoms with Gasteiger partial charge in [-0.05, 0) is 24.6 Å². The maximum atomic E-state index is 13.0. The second-order valence-corrected chi connectivity index (χ2v) is 8.40. The number of rotatable bonds is 6. The molecule has 0 aliphatic heterocycles. The SMILES string of the molecule is Cc1cccc(S(=O)(=O)CCC(=O)c2ccccc2)c1-c1ccccc1O. The number of carbonyl (C=O) groups is 1. The lowest BCUT2D eigenvalue weighted by Gasteiger charge is -2.14. The summed E-state index contributed by atoms with van der Waals surface area (Å²) in [6.45, 7) is 1.80. The maximum Gasteiger partial charge on any atom is 0.179 e. The molecule has 27 heavy (non-hydrogen) atoms. The monoisotopic (exact) mass is 380 g/mol. The molecule has 0 amide bonds. The minimum Gasteiger partial charge on any atom is -0.507 e. The lowest BCUT2D eigenvalue weighted by atomic mass is 10.00. The molecule has 5 heteroatoms. The average Bonchev–Trinajstić information content (AvgIpc) is 2.67. The maximum absolute atomic E-state index is 13.0. The molecule has 0 unspecified atom stereocenters. The fraction of sp³-hybridized carbons (Fsp3) is 0.136. The minimum atomic E-state index is -3.71. The highest BCUT2D eigenvalue weighted by atomic mass is 32.2. The van der Waals surface area contributed by atoms with E-state index in [1.165, 1.54) is 12.1 Å². The van der Waals surface area contributed by atoms with Crippen LogP contribution in [0.25, 0.3) is 11.1 Å². The van der Waals surface area contributed by atoms with Crippen LogP contribution in [-0.2, 0) is 9.84 Å². The summed E-state index contributed by atoms with van der Waals surface area (Å²) in [6, 6.07) is 20.3. The van der Waals surface area contributed by atoms with Gasteiger partial charge in [0, 0.05) is 23.1 Å². The van der Waals surface area contributed by atoms with Gasteiger partial charge in [0.15, 0.2) is 15.6 Å². The van der Waals surface area contributed by atoms with Crippen LogP contribution >= 0.6 is 0 Å². The van der Waals surface area contributed by atoms with Gasteiger partial charge in [0.25, 0.3) is 0 Å². The first-order chi connectivity index (χ1) is 12.9. The predicted octanol–water partition coefficient (Wildman–Crippen LogP) is 4.41. The highest BCUT2D eigenvalue weighted by Crippen LogP contribution is 2.36. The molecule has 0 fully saturated rings. The van der Waals surface area contributed by atoms with E-state index in [-0.39, 0.29) is 28.6 Å². The number of para-hydroxylation sites is 1. The van der Waals surface area contributed by atoms with Gasteiger partial charge in [-0.3, -0.25) is 4.79 Å². The Hall–Kier alpha value is -2.92. The van der Waals surface area contributed by atoms with E-state index in [1.54, 1.807) is 67.6 Å². The molecule has 0 saturated heterocycles. The molecule has 1 N–H and O–H groups in total. The van der Waals surface area contributed by atoms with Gasteiger partial charge in [0.1, 0.15) is 5.75 Å². The first kappa shape index (κ1) is 18.9. The van der Waals surface area contributed by atoms with Crippen LogP contribution in [0.1, 0.15) is 22.3 Å². The average molecular weight is 380 g/mol. The quantitative estimate of drug-likeness (QED) is 0.643. The topological polar surface area (TPSA) is 71.4 Å². The summed E-state index contributed by atoms with van der Waals surface area (Å²) in [6.07, 6.45) is -0.0967. The van der Waals surface area contributed by atoms with E-state index in [4.69, 9.17) is 0 Å². The van der Waals surface area contributed by atoms with Gasteiger partial charge in [-0.25, -0.2) is 8.42 Å². The van der Waals surface area contributed by atoms with Crippen LogP contribution in [-0.4, -0.2) is 25.1 Å². The Morgan fingerprint density at radius 2 is 1.56 bits per heavy atom. The first-order valence-corrected chi connectivity index (χ1v) is 10.2. The fourth-order valence-corrected chi connectivity index (χ4v) is 4.58. The normalized spacial score (nSPS) is 11.3. The van der Waals surface area contributed by atoms with E-state index >= 15 is 0 Å². The van der Waals surface area contributed by atoms with Crippen molar-refractivity contribution in [2.75, 3.05) is 5.75 Å². The molecule has 0 spiro atoms. The van der Waals surface area contributed by atoms with Crippen LogP contribution in [0.5, 0.6) is 5.75 Å². The number of sulfone groups is 1. The molecule has 3 rings (SSSR count). The molecule has 0 heterocycles. The van der Waals surface area contributed by atoms with Crippen LogP contribution in [0.3, 0.4) is 0 Å². The molecule has 3 aromatic rings. The lowest BCUT2D eigenvalue weighted by Crippen LogP contribution is -2.13. The molecule has 3 aromatic carbocycles. The minimum absolute atomic E-state index is 0.0172. The smallest absolute Gasteiger partial charge is 0.179 e. The number of benzene rings is 3. The molecule has 0 radical (unpaired) electrons. The Labute approximate surface area is 159 Å². The zero-order chi connectivity index (χ0) is 19.4. The number of phenols is 1. The Bertz CT molecular complexity index is 1070. The van der Waals surface area contributed by atoms with Crippen molar-refractivity contribution in [2.45, 2.75) is 18.2 Å². The summed E-state index contributed by atoms with van der Waals surface area (Å²) in [5, 5.41) is 10.2. The number of aromatic hydroxyl groups is 1. The van der Waals surface area contributed by atoms with Gasteiger partial charge in [0.05, 0.1) is 10.6 Å². The third kappa shape index (κ3) is 4.09. The molecule has 0 aliphatic rings. The van der Waals surface area contributed by atoms with Crippen molar-refractivity contribution in [3.63, 3.8) is 0 Å². The molecular weight excluding hydrogens is 360 g/mol. The van der Waals surface area contributed by atoms with Crippen LogP contribution in [0.15, 0.2) is 77.7 Å². The Kier molecular flexibility index (Phi) is 5.42. The zero-order valence-corrected chi connectivity index (χ0v) is 15.7. The largest absolute Gasteiger partial charge is 0.507 e. The van der Waals surface area contributed by atoms with Crippen LogP contribution in [0, 0.1) is 6.92 Å². The van der Waals surface area contributed by atoms with Crippen molar-refractivity contribution >= 4 is 15.6 Å². The van der Waals surface area contributed by atoms with E-state index in [0.29, 0.717) is 16.7 Å². The van der Waals surface area contributed by atoms with Crippen molar-refractivity contribution in [2.24, 2.45) is 0 Å². The van der Waals surface area contributed by atoms with Crippen molar-refractivity contribution in [1.82, 2.24) is 0 Å². The van der Waals surface area contributed by atoms with Gasteiger partial charge < -0.3 is 5.11 Å². The van der Waals surface area contributed by atoms with Crippen molar-refractivity contribution < 1.29 is 18.3 Å². The van der Waals surface area contributed by atoms with Gasteiger partial charge in [0.2, 0.25) is 0 Å². The summed E-state index contributed by atoms with van der Waals surface area (Å²) < 4.78 is 26.0. The summed E-state index contributed by atoms with van der Waals surface area (Å²) in [4.78, 5) is 12.4. The molecular formula is C22H20O4S. The van der Waals surface area contributed by atoms with Gasteiger partial charge in [-0.2, -0.15) is 0 Å². The molecule has 138 valence electrons. The number of carbonyl (C=O) groups excluding carboxylic acids is 1. The number of hydrogen-bond donors (Lipinski definition) is 1. The van der Waals surface area contributed by atoms with E-state index in [9.17, 15) is 18.3 Å². The van der Waals surface area contributed by atoms with Crippen LogP contribution in [0.2, 0.25) is 0 Å². The third-order valence-electron chi connectivity index (χ3n) is 4.44. The Morgan fingerprint density at radius 3 is 2.26 bits per heavy atom. The summed E-state index contributed by atoms with van der Waals surface area (Å²) in [5.41, 5.74) is 2.18. The zero-order valence-electron chi connectivity index (χ0n) is 14.9. The second-order valence-electron chi connectivity index (χ2n) is 6.32. The molecule has 0 saturated carbocycles. The Morgan fingerprint density at radius 1 is 0.889 bits per heavy atom. The van der Waals surface area contributed by atoms with Crippen LogP contribution < -0.4 is 0 Å². The van der Waals surface area contributed by atoms with Crippen molar-refractivity contribution in [1.29, 1.82) is 0 Å². The standard InChI is InChI=1S/C22H20O4S/c1-16-8-7-13-21(22(16)18-11-5-6-12-20(18)24)27(25,26)15-14-19(23)17-9-3-2-4-10-17/h2-13,24H,14-15H2,1H3. The van der Waals surface area contributed by atoms with E-state index in [1.807, 2.05) is 0 Å². The van der Waals surface area contributed by atoms with Crippen molar-refractivity contribution in [3.8, 4) is 16.9 Å². The Balaban J connectivity index is 1.95. The molecule has 0 aromatic heterocycles. The first-order valence-electron chi connectivity index (χ1n) is 8.59. The molecule has 4 nitrogen and oxygen atoms in total. The van der Waals surface area contributed by atoms with E-state index in [2.05, 4.69) is 0 Å². The second kappa shape index (κ2) is 7.76. The number of ketones is 1. The summed E-state index contributed by atoms with van der Waals surface area (Å²) in [5.74, 6) is -0.482.